The van der Waals surface area contributed by atoms with Gasteiger partial charge in [0, 0.05) is 30.1 Å². The van der Waals surface area contributed by atoms with E-state index in [-0.39, 0.29) is 5.41 Å². The molecular formula is C20H24N2O4S. The normalized spacial score (nSPS) is 15.7. The van der Waals surface area contributed by atoms with E-state index >= 15 is 0 Å². The fourth-order valence-corrected chi connectivity index (χ4v) is 3.91. The van der Waals surface area contributed by atoms with E-state index in [0.29, 0.717) is 26.3 Å². The van der Waals surface area contributed by atoms with Gasteiger partial charge in [-0.25, -0.2) is 0 Å². The van der Waals surface area contributed by atoms with Crippen molar-refractivity contribution in [3.05, 3.63) is 52.2 Å². The quantitative estimate of drug-likeness (QED) is 0.744. The summed E-state index contributed by atoms with van der Waals surface area (Å²) < 4.78 is 10.7. The molecule has 1 aliphatic rings. The van der Waals surface area contributed by atoms with E-state index in [1.807, 2.05) is 41.8 Å². The van der Waals surface area contributed by atoms with Gasteiger partial charge in [0.15, 0.2) is 0 Å². The zero-order valence-electron chi connectivity index (χ0n) is 15.3. The molecule has 0 aliphatic carbocycles. The van der Waals surface area contributed by atoms with Gasteiger partial charge in [0.25, 0.3) is 0 Å². The molecule has 1 fully saturated rings. The van der Waals surface area contributed by atoms with Gasteiger partial charge in [-0.3, -0.25) is 9.59 Å². The Balaban J connectivity index is 1.62. The number of benzene rings is 1. The van der Waals surface area contributed by atoms with Gasteiger partial charge in [0.05, 0.1) is 13.7 Å². The van der Waals surface area contributed by atoms with Crippen LogP contribution in [-0.2, 0) is 26.3 Å². The molecule has 144 valence electrons. The van der Waals surface area contributed by atoms with E-state index in [2.05, 4.69) is 10.6 Å². The maximum Gasteiger partial charge on any atom is 0.309 e. The van der Waals surface area contributed by atoms with E-state index in [4.69, 9.17) is 9.47 Å². The van der Waals surface area contributed by atoms with Gasteiger partial charge in [-0.2, -0.15) is 0 Å². The van der Waals surface area contributed by atoms with Crippen molar-refractivity contribution in [3.8, 4) is 5.75 Å². The summed E-state index contributed by atoms with van der Waals surface area (Å²) in [6, 6.07) is 11.7. The van der Waals surface area contributed by atoms with Gasteiger partial charge in [-0.05, 0) is 42.0 Å². The Kier molecular flexibility index (Phi) is 6.47. The SMILES string of the molecule is COc1ccc(C2(CNC(=O)C(=O)NCc3cccs3)CCOCC2)cc1. The highest BCUT2D eigenvalue weighted by atomic mass is 32.1. The Morgan fingerprint density at radius 3 is 2.44 bits per heavy atom. The third kappa shape index (κ3) is 4.87. The predicted octanol–water partition coefficient (Wildman–Crippen LogP) is 2.24. The predicted molar refractivity (Wildman–Crippen MR) is 104 cm³/mol. The molecule has 2 heterocycles. The monoisotopic (exact) mass is 388 g/mol. The summed E-state index contributed by atoms with van der Waals surface area (Å²) in [7, 11) is 1.63. The lowest BCUT2D eigenvalue weighted by Crippen LogP contribution is -2.48. The van der Waals surface area contributed by atoms with Crippen LogP contribution >= 0.6 is 11.3 Å². The van der Waals surface area contributed by atoms with Crippen molar-refractivity contribution < 1.29 is 19.1 Å². The number of hydrogen-bond donors (Lipinski definition) is 2. The van der Waals surface area contributed by atoms with E-state index in [0.717, 1.165) is 29.0 Å². The Morgan fingerprint density at radius 2 is 1.81 bits per heavy atom. The Morgan fingerprint density at radius 1 is 1.11 bits per heavy atom. The molecule has 1 aliphatic heterocycles. The van der Waals surface area contributed by atoms with Crippen LogP contribution in [0.15, 0.2) is 41.8 Å². The number of carbonyl (C=O) groups is 2. The largest absolute Gasteiger partial charge is 0.497 e. The third-order valence-electron chi connectivity index (χ3n) is 4.95. The van der Waals surface area contributed by atoms with Crippen molar-refractivity contribution in [1.29, 1.82) is 0 Å². The van der Waals surface area contributed by atoms with Crippen molar-refractivity contribution in [2.75, 3.05) is 26.9 Å². The first-order valence-corrected chi connectivity index (χ1v) is 9.82. The smallest absolute Gasteiger partial charge is 0.309 e. The minimum atomic E-state index is -0.611. The van der Waals surface area contributed by atoms with Crippen LogP contribution in [0.4, 0.5) is 0 Å². The van der Waals surface area contributed by atoms with Crippen LogP contribution in [0.25, 0.3) is 0 Å². The van der Waals surface area contributed by atoms with Crippen molar-refractivity contribution in [2.24, 2.45) is 0 Å². The molecule has 0 atom stereocenters. The van der Waals surface area contributed by atoms with Crippen LogP contribution in [0.1, 0.15) is 23.3 Å². The molecule has 1 saturated heterocycles. The van der Waals surface area contributed by atoms with Crippen LogP contribution < -0.4 is 15.4 Å². The molecule has 2 N–H and O–H groups in total. The van der Waals surface area contributed by atoms with Crippen molar-refractivity contribution in [2.45, 2.75) is 24.8 Å². The summed E-state index contributed by atoms with van der Waals surface area (Å²) in [5, 5.41) is 7.41. The molecule has 2 aromatic rings. The van der Waals surface area contributed by atoms with Crippen molar-refractivity contribution in [1.82, 2.24) is 10.6 Å². The standard InChI is InChI=1S/C20H24N2O4S/c1-25-16-6-4-15(5-7-16)20(8-10-26-11-9-20)14-22-19(24)18(23)21-13-17-3-2-12-27-17/h2-7,12H,8-11,13-14H2,1H3,(H,21,23)(H,22,24). The topological polar surface area (TPSA) is 76.7 Å². The van der Waals surface area contributed by atoms with Crippen LogP contribution in [0.3, 0.4) is 0 Å². The van der Waals surface area contributed by atoms with E-state index in [1.54, 1.807) is 18.4 Å². The average molecular weight is 388 g/mol. The number of nitrogens with one attached hydrogen (secondary N) is 2. The summed E-state index contributed by atoms with van der Waals surface area (Å²) in [4.78, 5) is 25.3. The van der Waals surface area contributed by atoms with Gasteiger partial charge in [0.2, 0.25) is 0 Å². The van der Waals surface area contributed by atoms with Crippen molar-refractivity contribution >= 4 is 23.2 Å². The summed E-state index contributed by atoms with van der Waals surface area (Å²) in [5.74, 6) is -0.427. The lowest BCUT2D eigenvalue weighted by Gasteiger charge is -2.38. The molecule has 2 amide bonds. The van der Waals surface area contributed by atoms with Crippen LogP contribution in [0.2, 0.25) is 0 Å². The van der Waals surface area contributed by atoms with E-state index < -0.39 is 11.8 Å². The van der Waals surface area contributed by atoms with Gasteiger partial charge in [-0.1, -0.05) is 18.2 Å². The molecule has 0 radical (unpaired) electrons. The molecular weight excluding hydrogens is 364 g/mol. The Hall–Kier alpha value is -2.38. The van der Waals surface area contributed by atoms with E-state index in [1.165, 1.54) is 0 Å². The molecule has 1 aromatic carbocycles. The highest BCUT2D eigenvalue weighted by Crippen LogP contribution is 2.35. The molecule has 3 rings (SSSR count). The molecule has 1 aromatic heterocycles. The van der Waals surface area contributed by atoms with Gasteiger partial charge >= 0.3 is 11.8 Å². The minimum Gasteiger partial charge on any atom is -0.497 e. The number of rotatable bonds is 6. The minimum absolute atomic E-state index is 0.242. The zero-order valence-corrected chi connectivity index (χ0v) is 16.1. The Bertz CT molecular complexity index is 753. The summed E-state index contributed by atoms with van der Waals surface area (Å²) in [5.41, 5.74) is 0.875. The summed E-state index contributed by atoms with van der Waals surface area (Å²) >= 11 is 1.54. The lowest BCUT2D eigenvalue weighted by atomic mass is 9.74. The van der Waals surface area contributed by atoms with Crippen molar-refractivity contribution in [3.63, 3.8) is 0 Å². The third-order valence-corrected chi connectivity index (χ3v) is 5.83. The van der Waals surface area contributed by atoms with Crippen LogP contribution in [0.5, 0.6) is 5.75 Å². The first-order chi connectivity index (χ1) is 13.1. The number of amides is 2. The lowest BCUT2D eigenvalue weighted by molar-refractivity contribution is -0.139. The van der Waals surface area contributed by atoms with Gasteiger partial charge < -0.3 is 20.1 Å². The van der Waals surface area contributed by atoms with E-state index in [9.17, 15) is 9.59 Å². The number of thiophene rings is 1. The molecule has 27 heavy (non-hydrogen) atoms. The fraction of sp³-hybridized carbons (Fsp3) is 0.400. The second-order valence-electron chi connectivity index (χ2n) is 6.57. The molecule has 6 nitrogen and oxygen atoms in total. The zero-order chi connectivity index (χ0) is 19.1. The first kappa shape index (κ1) is 19.4. The van der Waals surface area contributed by atoms with Crippen LogP contribution in [-0.4, -0.2) is 38.7 Å². The summed E-state index contributed by atoms with van der Waals surface area (Å²) in [6.07, 6.45) is 1.58. The summed E-state index contributed by atoms with van der Waals surface area (Å²) in [6.45, 7) is 2.02. The fourth-order valence-electron chi connectivity index (χ4n) is 3.26. The maximum atomic E-state index is 12.2. The van der Waals surface area contributed by atoms with Gasteiger partial charge in [-0.15, -0.1) is 11.3 Å². The van der Waals surface area contributed by atoms with Crippen LogP contribution in [0, 0.1) is 0 Å². The Labute approximate surface area is 162 Å². The highest BCUT2D eigenvalue weighted by molar-refractivity contribution is 7.09. The number of methoxy groups -OCH3 is 1. The highest BCUT2D eigenvalue weighted by Gasteiger charge is 2.35. The molecule has 0 bridgehead atoms. The number of carbonyl (C=O) groups excluding carboxylic acids is 2. The first-order valence-electron chi connectivity index (χ1n) is 8.94. The van der Waals surface area contributed by atoms with Gasteiger partial charge in [0.1, 0.15) is 5.75 Å². The maximum absolute atomic E-state index is 12.2. The molecule has 0 unspecified atom stereocenters. The molecule has 7 heteroatoms. The number of ether oxygens (including phenoxy) is 2. The number of hydrogen-bond acceptors (Lipinski definition) is 5. The second-order valence-corrected chi connectivity index (χ2v) is 7.60. The average Bonchev–Trinajstić information content (AvgIpc) is 3.24. The molecule has 0 saturated carbocycles. The molecule has 0 spiro atoms. The second kappa shape index (κ2) is 9.01.